The Kier molecular flexibility index (Phi) is 4.30. The molecule has 2 aliphatic carbocycles. The second-order valence-corrected chi connectivity index (χ2v) is 7.64. The number of hydrogen-bond acceptors (Lipinski definition) is 4. The van der Waals surface area contributed by atoms with Gasteiger partial charge in [0.1, 0.15) is 6.10 Å². The van der Waals surface area contributed by atoms with Crippen LogP contribution in [0.4, 0.5) is 17.6 Å². The maximum Gasteiger partial charge on any atom is 0.431 e. The van der Waals surface area contributed by atoms with Crippen molar-refractivity contribution in [3.8, 4) is 0 Å². The normalized spacial score (nSPS) is 31.2. The van der Waals surface area contributed by atoms with E-state index in [0.29, 0.717) is 0 Å². The van der Waals surface area contributed by atoms with Crippen molar-refractivity contribution in [1.82, 2.24) is 0 Å². The van der Waals surface area contributed by atoms with Crippen LogP contribution in [-0.2, 0) is 19.6 Å². The summed E-state index contributed by atoms with van der Waals surface area (Å²) in [5, 5.41) is -5.56. The maximum atomic E-state index is 14.0. The highest BCUT2D eigenvalue weighted by Gasteiger charge is 2.72. The summed E-state index contributed by atoms with van der Waals surface area (Å²) in [7, 11) is -6.24. The first-order valence-corrected chi connectivity index (χ1v) is 8.32. The second kappa shape index (κ2) is 5.44. The molecule has 4 atom stereocenters. The molecule has 2 bridgehead atoms. The maximum absolute atomic E-state index is 14.0. The smallest absolute Gasteiger partial charge is 0.431 e. The van der Waals surface area contributed by atoms with Crippen LogP contribution in [0, 0.1) is 17.8 Å². The summed E-state index contributed by atoms with van der Waals surface area (Å²) in [6.45, 7) is 4.80. The van der Waals surface area contributed by atoms with E-state index in [4.69, 9.17) is 9.29 Å². The molecule has 0 aromatic carbocycles. The molecule has 5 nitrogen and oxygen atoms in total. The summed E-state index contributed by atoms with van der Waals surface area (Å²) in [5.74, 6) is -8.94. The molecule has 2 rings (SSSR count). The van der Waals surface area contributed by atoms with Crippen molar-refractivity contribution >= 4 is 16.1 Å². The standard InChI is InChI=1S/C13H16F4O5S/c1-6(2)11(18)22-10-5-7-3-8(10)4-9(7)12(14,15)13(16,17)23(19,20)21/h7-10H,1,3-5H2,2H3,(H,19,20,21). The molecule has 10 heteroatoms. The number of fused-ring (bicyclic) bond motifs is 2. The van der Waals surface area contributed by atoms with Crippen molar-refractivity contribution in [3.05, 3.63) is 12.2 Å². The van der Waals surface area contributed by atoms with E-state index in [1.165, 1.54) is 6.92 Å². The fraction of sp³-hybridized carbons (Fsp3) is 0.769. The van der Waals surface area contributed by atoms with Crippen molar-refractivity contribution in [1.29, 1.82) is 0 Å². The molecule has 132 valence electrons. The van der Waals surface area contributed by atoms with Crippen LogP contribution in [0.1, 0.15) is 26.2 Å². The molecule has 2 saturated carbocycles. The molecule has 2 aliphatic rings. The molecule has 0 saturated heterocycles. The Morgan fingerprint density at radius 1 is 1.17 bits per heavy atom. The molecule has 0 aliphatic heterocycles. The van der Waals surface area contributed by atoms with Gasteiger partial charge in [0.25, 0.3) is 0 Å². The lowest BCUT2D eigenvalue weighted by Crippen LogP contribution is -2.53. The molecule has 2 fully saturated rings. The van der Waals surface area contributed by atoms with Crippen LogP contribution in [-0.4, -0.2) is 36.2 Å². The van der Waals surface area contributed by atoms with E-state index in [2.05, 4.69) is 6.58 Å². The molecule has 1 N–H and O–H groups in total. The molecular weight excluding hydrogens is 344 g/mol. The number of carbonyl (C=O) groups is 1. The van der Waals surface area contributed by atoms with Gasteiger partial charge in [-0.1, -0.05) is 6.58 Å². The van der Waals surface area contributed by atoms with Gasteiger partial charge in [-0.3, -0.25) is 4.55 Å². The first-order chi connectivity index (χ1) is 10.3. The summed E-state index contributed by atoms with van der Waals surface area (Å²) in [6.07, 6.45) is -0.992. The number of esters is 1. The molecule has 0 radical (unpaired) electrons. The van der Waals surface area contributed by atoms with Crippen LogP contribution in [0.25, 0.3) is 0 Å². The van der Waals surface area contributed by atoms with E-state index in [-0.39, 0.29) is 18.4 Å². The van der Waals surface area contributed by atoms with Crippen molar-refractivity contribution in [2.45, 2.75) is 43.5 Å². The average molecular weight is 360 g/mol. The van der Waals surface area contributed by atoms with Crippen molar-refractivity contribution in [2.75, 3.05) is 0 Å². The minimum Gasteiger partial charge on any atom is -0.459 e. The summed E-state index contributed by atoms with van der Waals surface area (Å²) >= 11 is 0. The Morgan fingerprint density at radius 2 is 1.74 bits per heavy atom. The van der Waals surface area contributed by atoms with Crippen molar-refractivity contribution in [2.24, 2.45) is 17.8 Å². The lowest BCUT2D eigenvalue weighted by Gasteiger charge is -2.35. The zero-order valence-electron chi connectivity index (χ0n) is 12.1. The Labute approximate surface area is 130 Å². The van der Waals surface area contributed by atoms with E-state index in [1.54, 1.807) is 0 Å². The lowest BCUT2D eigenvalue weighted by atomic mass is 9.82. The van der Waals surface area contributed by atoms with E-state index in [9.17, 15) is 30.8 Å². The van der Waals surface area contributed by atoms with Gasteiger partial charge in [-0.2, -0.15) is 26.0 Å². The molecule has 0 amide bonds. The highest BCUT2D eigenvalue weighted by Crippen LogP contribution is 2.58. The van der Waals surface area contributed by atoms with Crippen molar-refractivity contribution < 1.29 is 40.1 Å². The van der Waals surface area contributed by atoms with Gasteiger partial charge in [-0.15, -0.1) is 0 Å². The summed E-state index contributed by atoms with van der Waals surface area (Å²) in [6, 6.07) is 0. The largest absolute Gasteiger partial charge is 0.459 e. The zero-order valence-corrected chi connectivity index (χ0v) is 13.0. The number of alkyl halides is 4. The SMILES string of the molecule is C=C(C)C(=O)OC1CC2CC1CC2C(F)(F)C(F)(F)S(=O)(=O)O. The van der Waals surface area contributed by atoms with E-state index in [1.807, 2.05) is 0 Å². The lowest BCUT2D eigenvalue weighted by molar-refractivity contribution is -0.206. The van der Waals surface area contributed by atoms with Gasteiger partial charge in [0.05, 0.1) is 0 Å². The Balaban J connectivity index is 2.13. The predicted octanol–water partition coefficient (Wildman–Crippen LogP) is 2.64. The quantitative estimate of drug-likeness (QED) is 0.353. The molecule has 0 heterocycles. The minimum absolute atomic E-state index is 0.0501. The summed E-state index contributed by atoms with van der Waals surface area (Å²) in [4.78, 5) is 11.4. The van der Waals surface area contributed by atoms with Crippen LogP contribution >= 0.6 is 0 Å². The van der Waals surface area contributed by atoms with Gasteiger partial charge in [-0.05, 0) is 38.0 Å². The molecular formula is C13H16F4O5S. The molecule has 0 spiro atoms. The third-order valence-corrected chi connectivity index (χ3v) is 5.50. The van der Waals surface area contributed by atoms with Gasteiger partial charge in [0.2, 0.25) is 0 Å². The highest BCUT2D eigenvalue weighted by molar-refractivity contribution is 7.87. The summed E-state index contributed by atoms with van der Waals surface area (Å²) in [5.41, 5.74) is 0.132. The van der Waals surface area contributed by atoms with Crippen LogP contribution in [0.5, 0.6) is 0 Å². The first kappa shape index (κ1) is 18.2. The monoisotopic (exact) mass is 360 g/mol. The van der Waals surface area contributed by atoms with E-state index < -0.39 is 57.5 Å². The number of hydrogen-bond donors (Lipinski definition) is 1. The van der Waals surface area contributed by atoms with Crippen LogP contribution in [0.3, 0.4) is 0 Å². The average Bonchev–Trinajstić information content (AvgIpc) is 2.96. The highest BCUT2D eigenvalue weighted by atomic mass is 32.2. The molecule has 23 heavy (non-hydrogen) atoms. The summed E-state index contributed by atoms with van der Waals surface area (Å²) < 4.78 is 89.4. The number of rotatable bonds is 5. The fourth-order valence-corrected chi connectivity index (χ4v) is 3.93. The van der Waals surface area contributed by atoms with Gasteiger partial charge < -0.3 is 4.74 Å². The van der Waals surface area contributed by atoms with Gasteiger partial charge in [-0.25, -0.2) is 4.79 Å². The number of halogens is 4. The van der Waals surface area contributed by atoms with E-state index >= 15 is 0 Å². The zero-order chi connectivity index (χ0) is 17.8. The van der Waals surface area contributed by atoms with Gasteiger partial charge >= 0.3 is 27.3 Å². The third-order valence-electron chi connectivity index (χ3n) is 4.58. The number of carbonyl (C=O) groups excluding carboxylic acids is 1. The molecule has 4 unspecified atom stereocenters. The fourth-order valence-electron chi connectivity index (χ4n) is 3.44. The van der Waals surface area contributed by atoms with Crippen LogP contribution in [0.15, 0.2) is 12.2 Å². The second-order valence-electron chi connectivity index (χ2n) is 6.17. The minimum atomic E-state index is -6.24. The Bertz CT molecular complexity index is 630. The molecule has 0 aromatic heterocycles. The Hall–Kier alpha value is -1.16. The third kappa shape index (κ3) is 2.86. The molecule has 0 aromatic rings. The van der Waals surface area contributed by atoms with Gasteiger partial charge in [0.15, 0.2) is 0 Å². The van der Waals surface area contributed by atoms with Crippen molar-refractivity contribution in [3.63, 3.8) is 0 Å². The first-order valence-electron chi connectivity index (χ1n) is 6.88. The predicted molar refractivity (Wildman–Crippen MR) is 70.5 cm³/mol. The number of ether oxygens (including phenoxy) is 1. The van der Waals surface area contributed by atoms with Crippen LogP contribution < -0.4 is 0 Å². The van der Waals surface area contributed by atoms with Gasteiger partial charge in [0, 0.05) is 11.5 Å². The van der Waals surface area contributed by atoms with Crippen LogP contribution in [0.2, 0.25) is 0 Å². The Morgan fingerprint density at radius 3 is 2.13 bits per heavy atom. The topological polar surface area (TPSA) is 80.7 Å². The van der Waals surface area contributed by atoms with E-state index in [0.717, 1.165) is 0 Å².